The zero-order valence-electron chi connectivity index (χ0n) is 7.71. The van der Waals surface area contributed by atoms with E-state index in [1.165, 1.54) is 35.5 Å². The molecule has 66 valence electrons. The van der Waals surface area contributed by atoms with Crippen LogP contribution in [-0.4, -0.2) is 0 Å². The lowest BCUT2D eigenvalue weighted by molar-refractivity contribution is -0.149. The van der Waals surface area contributed by atoms with Crippen molar-refractivity contribution in [3.63, 3.8) is 0 Å². The smallest absolute Gasteiger partial charge is 0.0323 e. The van der Waals surface area contributed by atoms with Gasteiger partial charge in [0.15, 0.2) is 0 Å². The maximum Gasteiger partial charge on any atom is -0.0323 e. The molecule has 0 nitrogen and oxygen atoms in total. The van der Waals surface area contributed by atoms with Gasteiger partial charge in [0.05, 0.1) is 0 Å². The van der Waals surface area contributed by atoms with Crippen LogP contribution in [0.1, 0.15) is 38.5 Å². The summed E-state index contributed by atoms with van der Waals surface area (Å²) in [5, 5.41) is 0. The molecule has 4 aliphatic carbocycles. The first-order chi connectivity index (χ1) is 5.95. The van der Waals surface area contributed by atoms with Gasteiger partial charge >= 0.3 is 0 Å². The maximum absolute atomic E-state index is 1.64. The van der Waals surface area contributed by atoms with Gasteiger partial charge in [-0.05, 0) is 54.8 Å². The Morgan fingerprint density at radius 1 is 0.667 bits per heavy atom. The summed E-state index contributed by atoms with van der Waals surface area (Å²) in [6, 6.07) is 0. The van der Waals surface area contributed by atoms with E-state index in [9.17, 15) is 0 Å². The molecule has 0 bridgehead atoms. The number of hydrogen-bond acceptors (Lipinski definition) is 0. The van der Waals surface area contributed by atoms with Crippen molar-refractivity contribution in [2.45, 2.75) is 38.5 Å². The molecule has 0 aliphatic heterocycles. The van der Waals surface area contributed by atoms with Crippen molar-refractivity contribution in [3.05, 3.63) is 0 Å². The third-order valence-corrected chi connectivity index (χ3v) is 5.66. The van der Waals surface area contributed by atoms with E-state index in [1.54, 1.807) is 38.5 Å². The van der Waals surface area contributed by atoms with Gasteiger partial charge in [0.1, 0.15) is 0 Å². The van der Waals surface area contributed by atoms with Gasteiger partial charge in [0.25, 0.3) is 0 Å². The minimum Gasteiger partial charge on any atom is -0.0528 e. The zero-order valence-corrected chi connectivity index (χ0v) is 7.71. The second-order valence-electron chi connectivity index (χ2n) is 5.75. The lowest BCUT2D eigenvalue weighted by Crippen LogP contribution is -2.57. The van der Waals surface area contributed by atoms with Crippen molar-refractivity contribution in [1.29, 1.82) is 0 Å². The Morgan fingerprint density at radius 2 is 1.50 bits per heavy atom. The first-order valence-electron chi connectivity index (χ1n) is 5.95. The van der Waals surface area contributed by atoms with Crippen LogP contribution in [0.2, 0.25) is 0 Å². The molecule has 0 radical (unpaired) electrons. The molecule has 12 heavy (non-hydrogen) atoms. The summed E-state index contributed by atoms with van der Waals surface area (Å²) in [5.74, 6) is 7.40. The summed E-state index contributed by atoms with van der Waals surface area (Å²) in [5.41, 5.74) is 0. The molecular weight excluding hydrogens is 144 g/mol. The van der Waals surface area contributed by atoms with Crippen molar-refractivity contribution >= 4 is 0 Å². The molecule has 0 aromatic carbocycles. The third-order valence-electron chi connectivity index (χ3n) is 5.66. The molecule has 0 spiro atoms. The molecule has 0 heterocycles. The minimum absolute atomic E-state index is 1.20. The van der Waals surface area contributed by atoms with Crippen LogP contribution in [0.15, 0.2) is 0 Å². The molecule has 0 aromatic rings. The molecule has 0 amide bonds. The Kier molecular flexibility index (Phi) is 1.03. The average Bonchev–Trinajstić information content (AvgIpc) is 2.14. The predicted molar refractivity (Wildman–Crippen MR) is 48.6 cm³/mol. The number of hydrogen-bond donors (Lipinski definition) is 0. The Hall–Kier alpha value is 0. The standard InChI is InChI=1S/C12H18/c1-2-7(3-1)11-9-5-4-8-6-10(11)12(8)9/h7-12H,1-6H2. The highest BCUT2D eigenvalue weighted by atomic mass is 14.7. The van der Waals surface area contributed by atoms with Crippen molar-refractivity contribution in [2.24, 2.45) is 35.5 Å². The summed E-state index contributed by atoms with van der Waals surface area (Å²) in [6.45, 7) is 0. The van der Waals surface area contributed by atoms with Crippen molar-refractivity contribution in [3.8, 4) is 0 Å². The van der Waals surface area contributed by atoms with Gasteiger partial charge in [0, 0.05) is 0 Å². The highest BCUT2D eigenvalue weighted by Crippen LogP contribution is 2.71. The normalized spacial score (nSPS) is 61.5. The van der Waals surface area contributed by atoms with Gasteiger partial charge in [-0.3, -0.25) is 0 Å². The van der Waals surface area contributed by atoms with Crippen LogP contribution in [0.4, 0.5) is 0 Å². The minimum atomic E-state index is 1.20. The molecule has 0 aromatic heterocycles. The Labute approximate surface area is 74.7 Å². The summed E-state index contributed by atoms with van der Waals surface area (Å²) in [4.78, 5) is 0. The summed E-state index contributed by atoms with van der Waals surface area (Å²) in [6.07, 6.45) is 9.60. The van der Waals surface area contributed by atoms with Crippen LogP contribution in [0.25, 0.3) is 0 Å². The SMILES string of the molecule is C1CC(C2C3CCC4CC2C43)C1. The zero-order chi connectivity index (χ0) is 7.71. The largest absolute Gasteiger partial charge is 0.0528 e. The van der Waals surface area contributed by atoms with E-state index in [0.29, 0.717) is 0 Å². The lowest BCUT2D eigenvalue weighted by Gasteiger charge is -2.63. The van der Waals surface area contributed by atoms with Crippen molar-refractivity contribution in [1.82, 2.24) is 0 Å². The first kappa shape index (κ1) is 6.45. The van der Waals surface area contributed by atoms with Crippen LogP contribution < -0.4 is 0 Å². The second-order valence-corrected chi connectivity index (χ2v) is 5.75. The van der Waals surface area contributed by atoms with Crippen molar-refractivity contribution in [2.75, 3.05) is 0 Å². The third kappa shape index (κ3) is 0.533. The summed E-state index contributed by atoms with van der Waals surface area (Å²) >= 11 is 0. The quantitative estimate of drug-likeness (QED) is 0.556. The average molecular weight is 162 g/mol. The van der Waals surface area contributed by atoms with Gasteiger partial charge in [-0.2, -0.15) is 0 Å². The molecular formula is C12H18. The first-order valence-corrected chi connectivity index (χ1v) is 5.95. The summed E-state index contributed by atoms with van der Waals surface area (Å²) < 4.78 is 0. The van der Waals surface area contributed by atoms with E-state index in [4.69, 9.17) is 0 Å². The Morgan fingerprint density at radius 3 is 2.25 bits per heavy atom. The van der Waals surface area contributed by atoms with Crippen LogP contribution >= 0.6 is 0 Å². The van der Waals surface area contributed by atoms with Gasteiger partial charge in [0.2, 0.25) is 0 Å². The van der Waals surface area contributed by atoms with Gasteiger partial charge in [-0.25, -0.2) is 0 Å². The Balaban J connectivity index is 1.58. The highest BCUT2D eigenvalue weighted by molar-refractivity contribution is 5.13. The molecule has 4 fully saturated rings. The lowest BCUT2D eigenvalue weighted by atomic mass is 9.42. The van der Waals surface area contributed by atoms with Crippen LogP contribution in [-0.2, 0) is 0 Å². The fourth-order valence-corrected chi connectivity index (χ4v) is 4.95. The van der Waals surface area contributed by atoms with Gasteiger partial charge < -0.3 is 0 Å². The monoisotopic (exact) mass is 162 g/mol. The fourth-order valence-electron chi connectivity index (χ4n) is 4.95. The molecule has 4 aliphatic rings. The second kappa shape index (κ2) is 1.91. The maximum atomic E-state index is 1.64. The van der Waals surface area contributed by atoms with E-state index in [2.05, 4.69) is 0 Å². The molecule has 0 N–H and O–H groups in total. The molecule has 5 atom stereocenters. The van der Waals surface area contributed by atoms with E-state index >= 15 is 0 Å². The van der Waals surface area contributed by atoms with Crippen molar-refractivity contribution < 1.29 is 0 Å². The van der Waals surface area contributed by atoms with E-state index in [1.807, 2.05) is 0 Å². The molecule has 0 saturated heterocycles. The molecule has 4 rings (SSSR count). The fraction of sp³-hybridized carbons (Fsp3) is 1.00. The molecule has 4 saturated carbocycles. The highest BCUT2D eigenvalue weighted by Gasteiger charge is 2.64. The van der Waals surface area contributed by atoms with Gasteiger partial charge in [-0.1, -0.05) is 19.3 Å². The van der Waals surface area contributed by atoms with Gasteiger partial charge in [-0.15, -0.1) is 0 Å². The Bertz CT molecular complexity index is 216. The molecule has 5 unspecified atom stereocenters. The molecule has 0 heteroatoms. The predicted octanol–water partition coefficient (Wildman–Crippen LogP) is 3.08. The summed E-state index contributed by atoms with van der Waals surface area (Å²) in [7, 11) is 0. The van der Waals surface area contributed by atoms with Crippen LogP contribution in [0.5, 0.6) is 0 Å². The number of rotatable bonds is 1. The van der Waals surface area contributed by atoms with E-state index < -0.39 is 0 Å². The van der Waals surface area contributed by atoms with Crippen LogP contribution in [0, 0.1) is 35.5 Å². The van der Waals surface area contributed by atoms with E-state index in [-0.39, 0.29) is 0 Å². The van der Waals surface area contributed by atoms with Crippen LogP contribution in [0.3, 0.4) is 0 Å². The topological polar surface area (TPSA) is 0 Å². The van der Waals surface area contributed by atoms with E-state index in [0.717, 1.165) is 0 Å².